The molecule has 4 rings (SSSR count). The molecular formula is C24H35N5O3. The lowest BCUT2D eigenvalue weighted by Gasteiger charge is -2.35. The second kappa shape index (κ2) is 9.10. The van der Waals surface area contributed by atoms with Crippen LogP contribution in [-0.2, 0) is 9.59 Å². The van der Waals surface area contributed by atoms with Crippen molar-refractivity contribution in [1.82, 2.24) is 15.1 Å². The highest BCUT2D eigenvalue weighted by molar-refractivity contribution is 6.10. The van der Waals surface area contributed by atoms with Gasteiger partial charge >= 0.3 is 6.03 Å². The molecule has 32 heavy (non-hydrogen) atoms. The lowest BCUT2D eigenvalue weighted by molar-refractivity contribution is -0.135. The van der Waals surface area contributed by atoms with Crippen molar-refractivity contribution >= 4 is 29.2 Å². The third kappa shape index (κ3) is 4.46. The van der Waals surface area contributed by atoms with Crippen LogP contribution < -0.4 is 15.5 Å². The molecule has 2 aliphatic heterocycles. The predicted octanol–water partition coefficient (Wildman–Crippen LogP) is 2.58. The summed E-state index contributed by atoms with van der Waals surface area (Å²) in [6, 6.07) is 5.56. The van der Waals surface area contributed by atoms with Crippen molar-refractivity contribution in [2.75, 3.05) is 49.5 Å². The minimum atomic E-state index is -0.816. The molecule has 0 aromatic heterocycles. The zero-order valence-electron chi connectivity index (χ0n) is 19.4. The Morgan fingerprint density at radius 1 is 1.16 bits per heavy atom. The van der Waals surface area contributed by atoms with Crippen LogP contribution in [0.1, 0.15) is 45.1 Å². The smallest absolute Gasteiger partial charge is 0.325 e. The standard InChI is InChI=1S/C24H35N5O3/c1-4-27-11-13-28(14-12-27)19-5-6-20(18(3)15-19)25-21(30)16-29-22(31)24(26-23(29)32)9-7-17(2)8-10-24/h5-6,15,17H,4,7-14,16H2,1-3H3,(H,25,30)(H,26,32). The molecule has 1 saturated carbocycles. The van der Waals surface area contributed by atoms with Crippen molar-refractivity contribution < 1.29 is 14.4 Å². The summed E-state index contributed by atoms with van der Waals surface area (Å²) in [5.74, 6) is -0.0610. The third-order valence-electron chi connectivity index (χ3n) is 7.34. The van der Waals surface area contributed by atoms with Gasteiger partial charge in [-0.3, -0.25) is 14.5 Å². The van der Waals surface area contributed by atoms with Gasteiger partial charge in [-0.1, -0.05) is 13.8 Å². The number of hydrogen-bond acceptors (Lipinski definition) is 5. The van der Waals surface area contributed by atoms with E-state index in [9.17, 15) is 14.4 Å². The van der Waals surface area contributed by atoms with Crippen molar-refractivity contribution in [2.24, 2.45) is 5.92 Å². The van der Waals surface area contributed by atoms with E-state index in [-0.39, 0.29) is 18.4 Å². The second-order valence-corrected chi connectivity index (χ2v) is 9.55. The Kier molecular flexibility index (Phi) is 6.42. The lowest BCUT2D eigenvalue weighted by atomic mass is 9.77. The fraction of sp³-hybridized carbons (Fsp3) is 0.625. The highest BCUT2D eigenvalue weighted by Crippen LogP contribution is 2.36. The van der Waals surface area contributed by atoms with Crippen molar-refractivity contribution in [3.63, 3.8) is 0 Å². The average Bonchev–Trinajstić information content (AvgIpc) is 3.01. The number of benzene rings is 1. The molecule has 3 aliphatic rings. The fourth-order valence-corrected chi connectivity index (χ4v) is 5.05. The quantitative estimate of drug-likeness (QED) is 0.686. The number of likely N-dealkylation sites (N-methyl/N-ethyl adjacent to an activating group) is 1. The number of nitrogens with one attached hydrogen (secondary N) is 2. The fourth-order valence-electron chi connectivity index (χ4n) is 5.05. The van der Waals surface area contributed by atoms with Gasteiger partial charge in [0, 0.05) is 37.6 Å². The molecule has 1 aromatic rings. The van der Waals surface area contributed by atoms with Gasteiger partial charge in [-0.2, -0.15) is 0 Å². The average molecular weight is 442 g/mol. The molecular weight excluding hydrogens is 406 g/mol. The first-order valence-corrected chi connectivity index (χ1v) is 11.8. The van der Waals surface area contributed by atoms with E-state index in [0.29, 0.717) is 24.4 Å². The molecule has 2 saturated heterocycles. The highest BCUT2D eigenvalue weighted by atomic mass is 16.2. The van der Waals surface area contributed by atoms with Gasteiger partial charge in [-0.15, -0.1) is 0 Å². The van der Waals surface area contributed by atoms with Gasteiger partial charge in [0.1, 0.15) is 12.1 Å². The van der Waals surface area contributed by atoms with E-state index in [1.807, 2.05) is 19.1 Å². The maximum absolute atomic E-state index is 13.0. The molecule has 2 heterocycles. The van der Waals surface area contributed by atoms with Crippen molar-refractivity contribution in [2.45, 2.75) is 52.0 Å². The van der Waals surface area contributed by atoms with E-state index in [4.69, 9.17) is 0 Å². The molecule has 1 aromatic carbocycles. The number of nitrogens with zero attached hydrogens (tertiary/aromatic N) is 3. The van der Waals surface area contributed by atoms with Crippen LogP contribution in [0.2, 0.25) is 0 Å². The van der Waals surface area contributed by atoms with E-state index in [2.05, 4.69) is 40.3 Å². The number of urea groups is 1. The predicted molar refractivity (Wildman–Crippen MR) is 125 cm³/mol. The van der Waals surface area contributed by atoms with Gasteiger partial charge in [-0.05, 0) is 68.8 Å². The Labute approximate surface area is 190 Å². The molecule has 2 N–H and O–H groups in total. The molecule has 174 valence electrons. The van der Waals surface area contributed by atoms with E-state index < -0.39 is 11.6 Å². The normalized spacial score (nSPS) is 26.5. The molecule has 8 nitrogen and oxygen atoms in total. The summed E-state index contributed by atoms with van der Waals surface area (Å²) in [5.41, 5.74) is 2.00. The summed E-state index contributed by atoms with van der Waals surface area (Å²) >= 11 is 0. The molecule has 4 amide bonds. The van der Waals surface area contributed by atoms with Crippen LogP contribution in [0.15, 0.2) is 18.2 Å². The maximum atomic E-state index is 13.0. The summed E-state index contributed by atoms with van der Waals surface area (Å²) in [6.45, 7) is 11.2. The Hall–Kier alpha value is -2.61. The molecule has 0 unspecified atom stereocenters. The number of anilines is 2. The second-order valence-electron chi connectivity index (χ2n) is 9.55. The number of carbonyl (C=O) groups is 3. The number of hydrogen-bond donors (Lipinski definition) is 2. The first-order chi connectivity index (χ1) is 15.3. The van der Waals surface area contributed by atoms with E-state index in [1.165, 1.54) is 0 Å². The SMILES string of the molecule is CCN1CCN(c2ccc(NC(=O)CN3C(=O)NC4(CCC(C)CC4)C3=O)c(C)c2)CC1. The molecule has 1 aliphatic carbocycles. The highest BCUT2D eigenvalue weighted by Gasteiger charge is 2.52. The monoisotopic (exact) mass is 441 g/mol. The van der Waals surface area contributed by atoms with Crippen LogP contribution in [0.5, 0.6) is 0 Å². The van der Waals surface area contributed by atoms with E-state index >= 15 is 0 Å². The molecule has 0 radical (unpaired) electrons. The molecule has 1 spiro atoms. The maximum Gasteiger partial charge on any atom is 0.325 e. The summed E-state index contributed by atoms with van der Waals surface area (Å²) in [4.78, 5) is 44.0. The largest absolute Gasteiger partial charge is 0.369 e. The van der Waals surface area contributed by atoms with Gasteiger partial charge in [0.15, 0.2) is 0 Å². The first kappa shape index (κ1) is 22.6. The molecule has 0 bridgehead atoms. The van der Waals surface area contributed by atoms with Crippen molar-refractivity contribution in [1.29, 1.82) is 0 Å². The number of imide groups is 1. The Balaban J connectivity index is 1.36. The minimum Gasteiger partial charge on any atom is -0.369 e. The van der Waals surface area contributed by atoms with Gasteiger partial charge in [0.25, 0.3) is 5.91 Å². The molecule has 3 fully saturated rings. The van der Waals surface area contributed by atoms with Gasteiger partial charge in [0.05, 0.1) is 0 Å². The molecule has 0 atom stereocenters. The Bertz CT molecular complexity index is 886. The van der Waals surface area contributed by atoms with Gasteiger partial charge < -0.3 is 20.4 Å². The number of piperazine rings is 1. The zero-order chi connectivity index (χ0) is 22.9. The summed E-state index contributed by atoms with van der Waals surface area (Å²) < 4.78 is 0. The summed E-state index contributed by atoms with van der Waals surface area (Å²) in [5, 5.41) is 5.75. The molecule has 8 heteroatoms. The minimum absolute atomic E-state index is 0.261. The van der Waals surface area contributed by atoms with Crippen LogP contribution >= 0.6 is 0 Å². The summed E-state index contributed by atoms with van der Waals surface area (Å²) in [7, 11) is 0. The van der Waals surface area contributed by atoms with E-state index in [1.54, 1.807) is 0 Å². The van der Waals surface area contributed by atoms with Crippen LogP contribution in [0.4, 0.5) is 16.2 Å². The topological polar surface area (TPSA) is 85.0 Å². The Morgan fingerprint density at radius 2 is 1.84 bits per heavy atom. The first-order valence-electron chi connectivity index (χ1n) is 11.8. The summed E-state index contributed by atoms with van der Waals surface area (Å²) in [6.07, 6.45) is 3.10. The third-order valence-corrected chi connectivity index (χ3v) is 7.34. The number of aryl methyl sites for hydroxylation is 1. The van der Waals surface area contributed by atoms with Crippen LogP contribution in [-0.4, -0.2) is 72.5 Å². The number of amides is 4. The van der Waals surface area contributed by atoms with Gasteiger partial charge in [-0.25, -0.2) is 4.79 Å². The zero-order valence-corrected chi connectivity index (χ0v) is 19.4. The van der Waals surface area contributed by atoms with Crippen LogP contribution in [0.25, 0.3) is 0 Å². The number of carbonyl (C=O) groups excluding carboxylic acids is 3. The number of rotatable bonds is 5. The van der Waals surface area contributed by atoms with E-state index in [0.717, 1.165) is 61.7 Å². The Morgan fingerprint density at radius 3 is 2.47 bits per heavy atom. The van der Waals surface area contributed by atoms with Gasteiger partial charge in [0.2, 0.25) is 5.91 Å². The van der Waals surface area contributed by atoms with Crippen LogP contribution in [0, 0.1) is 12.8 Å². The lowest BCUT2D eigenvalue weighted by Crippen LogP contribution is -2.49. The van der Waals surface area contributed by atoms with Crippen molar-refractivity contribution in [3.05, 3.63) is 23.8 Å². The van der Waals surface area contributed by atoms with Crippen molar-refractivity contribution in [3.8, 4) is 0 Å². The van der Waals surface area contributed by atoms with Crippen LogP contribution in [0.3, 0.4) is 0 Å².